The number of carbonyl (C=O) groups is 2. The van der Waals surface area contributed by atoms with E-state index in [4.69, 9.17) is 0 Å². The molecular formula is C37H53N4O4+3. The van der Waals surface area contributed by atoms with Crippen LogP contribution in [0.2, 0.25) is 0 Å². The zero-order valence-corrected chi connectivity index (χ0v) is 28.9. The minimum atomic E-state index is -0.918. The number of benzene rings is 2. The summed E-state index contributed by atoms with van der Waals surface area (Å²) in [5, 5.41) is 19.5. The van der Waals surface area contributed by atoms with Crippen molar-refractivity contribution in [2.45, 2.75) is 51.4 Å². The Morgan fingerprint density at radius 1 is 0.800 bits per heavy atom. The highest BCUT2D eigenvalue weighted by atomic mass is 16.4. The molecule has 8 nitrogen and oxygen atoms in total. The molecule has 8 heteroatoms. The lowest BCUT2D eigenvalue weighted by molar-refractivity contribution is -0.871. The van der Waals surface area contributed by atoms with Crippen LogP contribution in [0.5, 0.6) is 0 Å². The summed E-state index contributed by atoms with van der Waals surface area (Å²) in [6, 6.07) is 11.0. The third-order valence-electron chi connectivity index (χ3n) is 9.21. The van der Waals surface area contributed by atoms with Crippen molar-refractivity contribution < 1.29 is 33.3 Å². The highest BCUT2D eigenvalue weighted by Gasteiger charge is 2.45. The number of anilines is 1. The summed E-state index contributed by atoms with van der Waals surface area (Å²) in [5.41, 5.74) is 6.28. The standard InChI is InChI=1S/C37H51N4O4/c1-36(2)28-24-26(34(42)43)16-18-30(28)38(20-12-22-40(5,6)7)32(36)14-11-15-33-37(3,4)29-25-27(35(44)45)17-19-31(29)39(33)21-13-23-41(8,9)10/h11,14-19,24-25H,12-13,20-23H2,1-10H3/q+1/p+2. The first-order chi connectivity index (χ1) is 20.7. The third-order valence-corrected chi connectivity index (χ3v) is 9.21. The Morgan fingerprint density at radius 3 is 1.93 bits per heavy atom. The Kier molecular flexibility index (Phi) is 9.26. The van der Waals surface area contributed by atoms with Gasteiger partial charge in [0.25, 0.3) is 0 Å². The molecule has 0 radical (unpaired) electrons. The number of hydrogen-bond donors (Lipinski definition) is 2. The second kappa shape index (κ2) is 12.2. The fraction of sp³-hybridized carbons (Fsp3) is 0.486. The zero-order valence-electron chi connectivity index (χ0n) is 28.9. The highest BCUT2D eigenvalue weighted by molar-refractivity contribution is 6.04. The van der Waals surface area contributed by atoms with Crippen LogP contribution in [-0.2, 0) is 10.8 Å². The number of carboxylic acid groups (broad SMARTS) is 2. The maximum Gasteiger partial charge on any atom is 0.335 e. The monoisotopic (exact) mass is 617 g/mol. The van der Waals surface area contributed by atoms with Gasteiger partial charge in [0.05, 0.1) is 78.3 Å². The van der Waals surface area contributed by atoms with Crippen molar-refractivity contribution in [3.05, 3.63) is 82.6 Å². The maximum atomic E-state index is 11.9. The van der Waals surface area contributed by atoms with Gasteiger partial charge in [0.2, 0.25) is 5.69 Å². The number of aromatic carboxylic acids is 2. The van der Waals surface area contributed by atoms with E-state index in [1.54, 1.807) is 12.1 Å². The van der Waals surface area contributed by atoms with Crippen molar-refractivity contribution in [1.82, 2.24) is 0 Å². The molecule has 2 aromatic carbocycles. The van der Waals surface area contributed by atoms with Gasteiger partial charge in [-0.05, 0) is 55.8 Å². The Balaban J connectivity index is 1.77. The Morgan fingerprint density at radius 2 is 1.36 bits per heavy atom. The molecule has 0 bridgehead atoms. The van der Waals surface area contributed by atoms with Gasteiger partial charge in [-0.3, -0.25) is 0 Å². The van der Waals surface area contributed by atoms with Gasteiger partial charge < -0.3 is 24.1 Å². The molecule has 2 aromatic rings. The quantitative estimate of drug-likeness (QED) is 0.229. The first-order valence-electron chi connectivity index (χ1n) is 15.9. The van der Waals surface area contributed by atoms with Crippen LogP contribution in [0.3, 0.4) is 0 Å². The summed E-state index contributed by atoms with van der Waals surface area (Å²) in [6.07, 6.45) is 8.48. The van der Waals surface area contributed by atoms with Gasteiger partial charge in [0, 0.05) is 47.5 Å². The minimum Gasteiger partial charge on any atom is -0.478 e. The Hall–Kier alpha value is -3.75. The molecule has 0 aromatic heterocycles. The van der Waals surface area contributed by atoms with Gasteiger partial charge in [-0.1, -0.05) is 19.9 Å². The number of hydrogen-bond acceptors (Lipinski definition) is 3. The van der Waals surface area contributed by atoms with E-state index >= 15 is 0 Å². The molecule has 0 atom stereocenters. The van der Waals surface area contributed by atoms with E-state index in [9.17, 15) is 19.8 Å². The second-order valence-electron chi connectivity index (χ2n) is 15.7. The summed E-state index contributed by atoms with van der Waals surface area (Å²) in [7, 11) is 13.2. The van der Waals surface area contributed by atoms with E-state index in [1.807, 2.05) is 24.3 Å². The summed E-state index contributed by atoms with van der Waals surface area (Å²) in [4.78, 5) is 26.1. The summed E-state index contributed by atoms with van der Waals surface area (Å²) in [5.74, 6) is -1.84. The molecule has 0 unspecified atom stereocenters. The molecule has 242 valence electrons. The second-order valence-corrected chi connectivity index (χ2v) is 15.7. The van der Waals surface area contributed by atoms with Crippen molar-refractivity contribution in [2.24, 2.45) is 0 Å². The summed E-state index contributed by atoms with van der Waals surface area (Å²) < 4.78 is 4.11. The van der Waals surface area contributed by atoms with E-state index in [2.05, 4.69) is 97.7 Å². The van der Waals surface area contributed by atoms with E-state index in [0.717, 1.165) is 81.9 Å². The zero-order chi connectivity index (χ0) is 33.5. The Labute approximate surface area is 269 Å². The largest absolute Gasteiger partial charge is 0.478 e. The molecule has 2 aliphatic heterocycles. The molecule has 0 saturated heterocycles. The first kappa shape index (κ1) is 34.1. The predicted molar refractivity (Wildman–Crippen MR) is 182 cm³/mol. The minimum absolute atomic E-state index is 0.302. The fourth-order valence-corrected chi connectivity index (χ4v) is 6.74. The molecule has 0 aliphatic carbocycles. The number of fused-ring (bicyclic) bond motifs is 2. The number of quaternary nitrogens is 2. The highest BCUT2D eigenvalue weighted by Crippen LogP contribution is 2.48. The molecule has 0 saturated carbocycles. The van der Waals surface area contributed by atoms with Crippen LogP contribution in [0, 0.1) is 0 Å². The predicted octanol–water partition coefficient (Wildman–Crippen LogP) is 5.89. The van der Waals surface area contributed by atoms with Crippen LogP contribution in [-0.4, -0.2) is 110 Å². The van der Waals surface area contributed by atoms with Crippen LogP contribution in [0.25, 0.3) is 0 Å². The van der Waals surface area contributed by atoms with Gasteiger partial charge in [-0.15, -0.1) is 0 Å². The molecule has 0 fully saturated rings. The van der Waals surface area contributed by atoms with Gasteiger partial charge in [-0.25, -0.2) is 9.59 Å². The van der Waals surface area contributed by atoms with Crippen molar-refractivity contribution in [1.29, 1.82) is 0 Å². The molecule has 2 heterocycles. The number of allylic oxidation sites excluding steroid dienone is 4. The van der Waals surface area contributed by atoms with Gasteiger partial charge in [-0.2, -0.15) is 4.58 Å². The third kappa shape index (κ3) is 7.23. The van der Waals surface area contributed by atoms with E-state index < -0.39 is 11.9 Å². The number of rotatable bonds is 12. The Bertz CT molecular complexity index is 1580. The fourth-order valence-electron chi connectivity index (χ4n) is 6.74. The normalized spacial score (nSPS) is 18.2. The first-order valence-corrected chi connectivity index (χ1v) is 15.9. The van der Waals surface area contributed by atoms with Crippen molar-refractivity contribution in [3.8, 4) is 0 Å². The molecular weight excluding hydrogens is 564 g/mol. The number of nitrogens with zero attached hydrogens (tertiary/aromatic N) is 4. The van der Waals surface area contributed by atoms with Crippen molar-refractivity contribution >= 4 is 29.0 Å². The maximum absolute atomic E-state index is 11.9. The molecule has 45 heavy (non-hydrogen) atoms. The summed E-state index contributed by atoms with van der Waals surface area (Å²) >= 11 is 0. The smallest absolute Gasteiger partial charge is 0.335 e. The van der Waals surface area contributed by atoms with Crippen LogP contribution in [0.4, 0.5) is 11.4 Å². The van der Waals surface area contributed by atoms with E-state index in [1.165, 1.54) is 0 Å². The van der Waals surface area contributed by atoms with Crippen LogP contribution in [0.1, 0.15) is 72.4 Å². The molecule has 2 N–H and O–H groups in total. The van der Waals surface area contributed by atoms with E-state index in [-0.39, 0.29) is 10.8 Å². The lowest BCUT2D eigenvalue weighted by atomic mass is 9.80. The van der Waals surface area contributed by atoms with Crippen LogP contribution >= 0.6 is 0 Å². The van der Waals surface area contributed by atoms with Crippen LogP contribution in [0.15, 0.2) is 60.3 Å². The average molecular weight is 618 g/mol. The van der Waals surface area contributed by atoms with Gasteiger partial charge >= 0.3 is 11.9 Å². The molecule has 4 rings (SSSR count). The molecule has 0 amide bonds. The lowest BCUT2D eigenvalue weighted by Crippen LogP contribution is -2.37. The van der Waals surface area contributed by atoms with Crippen molar-refractivity contribution in [2.75, 3.05) is 73.4 Å². The van der Waals surface area contributed by atoms with Gasteiger partial charge in [0.1, 0.15) is 0 Å². The number of carboxylic acids is 2. The molecule has 2 aliphatic rings. The van der Waals surface area contributed by atoms with Crippen molar-refractivity contribution in [3.63, 3.8) is 0 Å². The lowest BCUT2D eigenvalue weighted by Gasteiger charge is -2.29. The molecule has 0 spiro atoms. The average Bonchev–Trinajstić information content (AvgIpc) is 3.25. The van der Waals surface area contributed by atoms with E-state index in [0.29, 0.717) is 11.1 Å². The van der Waals surface area contributed by atoms with Gasteiger partial charge in [0.15, 0.2) is 12.3 Å². The SMILES string of the molecule is CC1(C)C(/C=C/C=C2/N(CCC[N+](C)(C)C)c3ccc(C(=O)O)cc3C2(C)C)=[N+](CCC[N+](C)(C)C)c2ccc(C(=O)O)cc21. The van der Waals surface area contributed by atoms with Crippen LogP contribution < -0.4 is 4.90 Å². The summed E-state index contributed by atoms with van der Waals surface area (Å²) in [6.45, 7) is 12.4. The topological polar surface area (TPSA) is 80.9 Å².